The van der Waals surface area contributed by atoms with E-state index in [1.807, 2.05) is 66.7 Å². The Balaban J connectivity index is 1.84. The van der Waals surface area contributed by atoms with Crippen LogP contribution in [-0.2, 0) is 0 Å². The van der Waals surface area contributed by atoms with Crippen LogP contribution in [0.2, 0.25) is 5.02 Å². The summed E-state index contributed by atoms with van der Waals surface area (Å²) in [6, 6.07) is 20.4. The molecule has 2 N–H and O–H groups in total. The summed E-state index contributed by atoms with van der Waals surface area (Å²) in [5, 5.41) is 15.8. The number of pyridine rings is 2. The van der Waals surface area contributed by atoms with Gasteiger partial charge in [-0.25, -0.2) is 0 Å². The van der Waals surface area contributed by atoms with Crippen molar-refractivity contribution < 1.29 is 5.11 Å². The second kappa shape index (κ2) is 7.02. The maximum Gasteiger partial charge on any atom is 0.147 e. The zero-order chi connectivity index (χ0) is 17.9. The van der Waals surface area contributed by atoms with Crippen LogP contribution in [0.3, 0.4) is 0 Å². The molecule has 0 radical (unpaired) electrons. The molecule has 1 atom stereocenters. The minimum atomic E-state index is -0.346. The van der Waals surface area contributed by atoms with Crippen LogP contribution < -0.4 is 5.32 Å². The maximum absolute atomic E-state index is 10.9. The Morgan fingerprint density at radius 3 is 2.58 bits per heavy atom. The molecule has 0 aliphatic heterocycles. The number of nitrogens with one attached hydrogen (secondary N) is 1. The zero-order valence-corrected chi connectivity index (χ0v) is 14.6. The van der Waals surface area contributed by atoms with Gasteiger partial charge in [0, 0.05) is 34.1 Å². The van der Waals surface area contributed by atoms with Crippen molar-refractivity contribution in [3.05, 3.63) is 95.4 Å². The van der Waals surface area contributed by atoms with Gasteiger partial charge >= 0.3 is 0 Å². The number of aromatic nitrogens is 2. The number of aromatic hydroxyl groups is 1. The summed E-state index contributed by atoms with van der Waals surface area (Å²) in [4.78, 5) is 8.79. The first-order valence-electron chi connectivity index (χ1n) is 8.22. The van der Waals surface area contributed by atoms with E-state index in [0.29, 0.717) is 16.1 Å². The van der Waals surface area contributed by atoms with Crippen molar-refractivity contribution in [1.29, 1.82) is 0 Å². The molecule has 0 fully saturated rings. The van der Waals surface area contributed by atoms with Crippen LogP contribution in [-0.4, -0.2) is 15.1 Å². The van der Waals surface area contributed by atoms with E-state index in [9.17, 15) is 5.11 Å². The van der Waals surface area contributed by atoms with Gasteiger partial charge in [-0.1, -0.05) is 41.9 Å². The first-order chi connectivity index (χ1) is 12.7. The first kappa shape index (κ1) is 16.4. The second-order valence-electron chi connectivity index (χ2n) is 5.92. The second-order valence-corrected chi connectivity index (χ2v) is 6.36. The molecule has 0 saturated carbocycles. The van der Waals surface area contributed by atoms with E-state index in [-0.39, 0.29) is 11.8 Å². The highest BCUT2D eigenvalue weighted by Crippen LogP contribution is 2.36. The van der Waals surface area contributed by atoms with Gasteiger partial charge in [0.1, 0.15) is 11.3 Å². The van der Waals surface area contributed by atoms with Crippen molar-refractivity contribution >= 4 is 28.2 Å². The van der Waals surface area contributed by atoms with Crippen molar-refractivity contribution in [3.8, 4) is 5.75 Å². The number of benzene rings is 2. The van der Waals surface area contributed by atoms with Gasteiger partial charge in [0.25, 0.3) is 0 Å². The molecule has 0 saturated heterocycles. The highest BCUT2D eigenvalue weighted by Gasteiger charge is 2.21. The van der Waals surface area contributed by atoms with Gasteiger partial charge in [-0.15, -0.1) is 0 Å². The number of hydrogen-bond acceptors (Lipinski definition) is 4. The number of phenolic OH excluding ortho intramolecular Hbond substituents is 1. The molecule has 0 aliphatic carbocycles. The van der Waals surface area contributed by atoms with Crippen molar-refractivity contribution in [2.45, 2.75) is 6.04 Å². The Bertz CT molecular complexity index is 1050. The minimum Gasteiger partial charge on any atom is -0.505 e. The van der Waals surface area contributed by atoms with Crippen LogP contribution in [0.15, 0.2) is 79.1 Å². The largest absolute Gasteiger partial charge is 0.505 e. The number of rotatable bonds is 4. The molecule has 4 nitrogen and oxygen atoms in total. The topological polar surface area (TPSA) is 58.0 Å². The predicted molar refractivity (Wildman–Crippen MR) is 105 cm³/mol. The number of hydrogen-bond donors (Lipinski definition) is 2. The average molecular weight is 362 g/mol. The molecule has 5 heteroatoms. The molecule has 4 rings (SSSR count). The third-order valence-corrected chi connectivity index (χ3v) is 4.44. The minimum absolute atomic E-state index is 0.147. The van der Waals surface area contributed by atoms with Crippen LogP contribution in [0, 0.1) is 0 Å². The third-order valence-electron chi connectivity index (χ3n) is 4.21. The zero-order valence-electron chi connectivity index (χ0n) is 13.8. The third kappa shape index (κ3) is 3.19. The molecule has 2 aromatic carbocycles. The van der Waals surface area contributed by atoms with Crippen molar-refractivity contribution in [2.24, 2.45) is 0 Å². The van der Waals surface area contributed by atoms with Crippen LogP contribution in [0.1, 0.15) is 17.3 Å². The molecule has 0 aliphatic rings. The molecule has 2 aromatic heterocycles. The smallest absolute Gasteiger partial charge is 0.147 e. The van der Waals surface area contributed by atoms with Gasteiger partial charge in [-0.05, 0) is 36.4 Å². The summed E-state index contributed by atoms with van der Waals surface area (Å²) >= 11 is 6.11. The lowest BCUT2D eigenvalue weighted by molar-refractivity contribution is 0.471. The highest BCUT2D eigenvalue weighted by molar-refractivity contribution is 6.30. The maximum atomic E-state index is 10.9. The fourth-order valence-electron chi connectivity index (χ4n) is 2.98. The molecule has 0 bridgehead atoms. The Labute approximate surface area is 156 Å². The predicted octanol–water partition coefficient (Wildman–Crippen LogP) is 5.19. The summed E-state index contributed by atoms with van der Waals surface area (Å²) in [6.45, 7) is 0. The van der Waals surface area contributed by atoms with E-state index in [2.05, 4.69) is 15.3 Å². The van der Waals surface area contributed by atoms with E-state index >= 15 is 0 Å². The Kier molecular flexibility index (Phi) is 4.42. The number of anilines is 1. The molecule has 2 heterocycles. The van der Waals surface area contributed by atoms with Crippen LogP contribution in [0.4, 0.5) is 5.69 Å². The van der Waals surface area contributed by atoms with Gasteiger partial charge in [-0.2, -0.15) is 0 Å². The molecule has 1 unspecified atom stereocenters. The lowest BCUT2D eigenvalue weighted by atomic mass is 9.99. The van der Waals surface area contributed by atoms with Gasteiger partial charge in [0.05, 0.1) is 11.7 Å². The number of halogens is 1. The van der Waals surface area contributed by atoms with E-state index < -0.39 is 0 Å². The summed E-state index contributed by atoms with van der Waals surface area (Å²) in [6.07, 6.45) is 3.41. The van der Waals surface area contributed by atoms with E-state index in [1.165, 1.54) is 0 Å². The van der Waals surface area contributed by atoms with Crippen molar-refractivity contribution in [3.63, 3.8) is 0 Å². The highest BCUT2D eigenvalue weighted by atomic mass is 35.5. The standard InChI is InChI=1S/C21H16ClN3O/c22-15-6-3-7-16(13-15)25-20(18-8-1-2-11-23-18)17-10-9-14-5-4-12-24-19(14)21(17)26/h1-13,20,25-26H. The van der Waals surface area contributed by atoms with Crippen LogP contribution in [0.5, 0.6) is 5.75 Å². The fraction of sp³-hybridized carbons (Fsp3) is 0.0476. The molecule has 26 heavy (non-hydrogen) atoms. The van der Waals surface area contributed by atoms with Crippen LogP contribution >= 0.6 is 11.6 Å². The normalized spacial score (nSPS) is 12.0. The quantitative estimate of drug-likeness (QED) is 0.525. The lowest BCUT2D eigenvalue weighted by Crippen LogP contribution is -2.14. The number of phenols is 1. The Hall–Kier alpha value is -3.11. The average Bonchev–Trinajstić information content (AvgIpc) is 2.68. The lowest BCUT2D eigenvalue weighted by Gasteiger charge is -2.21. The number of nitrogens with zero attached hydrogens (tertiary/aromatic N) is 2. The molecule has 128 valence electrons. The van der Waals surface area contributed by atoms with Crippen molar-refractivity contribution in [2.75, 3.05) is 5.32 Å². The molecular weight excluding hydrogens is 346 g/mol. The van der Waals surface area contributed by atoms with Gasteiger partial charge in [-0.3, -0.25) is 9.97 Å². The van der Waals surface area contributed by atoms with Crippen molar-refractivity contribution in [1.82, 2.24) is 9.97 Å². The van der Waals surface area contributed by atoms with E-state index in [0.717, 1.165) is 16.8 Å². The van der Waals surface area contributed by atoms with Gasteiger partial charge < -0.3 is 10.4 Å². The summed E-state index contributed by atoms with van der Waals surface area (Å²) in [5.41, 5.74) is 2.90. The van der Waals surface area contributed by atoms with Gasteiger partial charge in [0.2, 0.25) is 0 Å². The van der Waals surface area contributed by atoms with E-state index in [4.69, 9.17) is 11.6 Å². The SMILES string of the molecule is Oc1c(C(Nc2cccc(Cl)c2)c2ccccn2)ccc2cccnc12. The first-order valence-corrected chi connectivity index (χ1v) is 8.60. The Morgan fingerprint density at radius 2 is 1.77 bits per heavy atom. The molecule has 0 spiro atoms. The molecule has 0 amide bonds. The summed E-state index contributed by atoms with van der Waals surface area (Å²) in [7, 11) is 0. The number of fused-ring (bicyclic) bond motifs is 1. The van der Waals surface area contributed by atoms with Crippen LogP contribution in [0.25, 0.3) is 10.9 Å². The summed E-state index contributed by atoms with van der Waals surface area (Å²) < 4.78 is 0. The van der Waals surface area contributed by atoms with Gasteiger partial charge in [0.15, 0.2) is 0 Å². The van der Waals surface area contributed by atoms with E-state index in [1.54, 1.807) is 12.4 Å². The fourth-order valence-corrected chi connectivity index (χ4v) is 3.17. The Morgan fingerprint density at radius 1 is 0.885 bits per heavy atom. The monoisotopic (exact) mass is 361 g/mol. The molecule has 4 aromatic rings. The molecular formula is C21H16ClN3O. The summed E-state index contributed by atoms with van der Waals surface area (Å²) in [5.74, 6) is 0.147.